The largest absolute Gasteiger partial charge is 0.508 e. The molecule has 4 heterocycles. The molecule has 0 spiro atoms. The van der Waals surface area contributed by atoms with Crippen molar-refractivity contribution in [1.29, 1.82) is 0 Å². The minimum atomic E-state index is -1.88. The molecule has 2 aromatic carbocycles. The summed E-state index contributed by atoms with van der Waals surface area (Å²) in [6, 6.07) is 14.8. The van der Waals surface area contributed by atoms with E-state index in [1.165, 1.54) is 0 Å². The van der Waals surface area contributed by atoms with Crippen LogP contribution in [0.3, 0.4) is 0 Å². The number of carbonyl (C=O) groups excluding carboxylic acids is 4. The van der Waals surface area contributed by atoms with E-state index >= 15 is 0 Å². The van der Waals surface area contributed by atoms with Crippen LogP contribution in [0.1, 0.15) is 112 Å². The van der Waals surface area contributed by atoms with Gasteiger partial charge in [-0.3, -0.25) is 9.59 Å². The van der Waals surface area contributed by atoms with Gasteiger partial charge in [0.15, 0.2) is 6.61 Å². The molecule has 4 unspecified atom stereocenters. The fourth-order valence-corrected chi connectivity index (χ4v) is 12.5. The zero-order valence-corrected chi connectivity index (χ0v) is 34.3. The van der Waals surface area contributed by atoms with Gasteiger partial charge < -0.3 is 28.6 Å². The van der Waals surface area contributed by atoms with Crippen molar-refractivity contribution in [2.75, 3.05) is 6.61 Å². The summed E-state index contributed by atoms with van der Waals surface area (Å²) in [4.78, 5) is 71.7. The SMILES string of the molecule is CC[C@@]1(OC(=O)COc2ccc(C(=O)O[C@H]3CC[C@@]4(C)C(CCC5C4CC[C@]4(C)C(=O)CCC54)C3)cc2)C(=O)OCc2c1cc1n(c2=O)Cc2cc3cc(O)ccc3nc2-1. The maximum atomic E-state index is 13.9. The van der Waals surface area contributed by atoms with Gasteiger partial charge >= 0.3 is 17.9 Å². The number of ketones is 1. The summed E-state index contributed by atoms with van der Waals surface area (Å²) < 4.78 is 24.8. The van der Waals surface area contributed by atoms with Gasteiger partial charge in [-0.25, -0.2) is 19.4 Å². The second-order valence-electron chi connectivity index (χ2n) is 18.6. The van der Waals surface area contributed by atoms with Crippen LogP contribution in [0.2, 0.25) is 0 Å². The summed E-state index contributed by atoms with van der Waals surface area (Å²) in [7, 11) is 0. The van der Waals surface area contributed by atoms with Gasteiger partial charge in [-0.05, 0) is 141 Å². The van der Waals surface area contributed by atoms with Crippen molar-refractivity contribution in [1.82, 2.24) is 9.55 Å². The van der Waals surface area contributed by atoms with Crippen molar-refractivity contribution < 1.29 is 43.2 Å². The molecule has 8 atom stereocenters. The van der Waals surface area contributed by atoms with E-state index in [1.807, 2.05) is 6.07 Å². The number of phenolic OH excluding ortho intramolecular Hbond substituents is 1. The molecule has 4 aromatic rings. The molecule has 312 valence electrons. The number of phenols is 1. The van der Waals surface area contributed by atoms with Crippen LogP contribution >= 0.6 is 0 Å². The molecule has 4 saturated carbocycles. The molecule has 0 amide bonds. The fourth-order valence-electron chi connectivity index (χ4n) is 12.5. The third-order valence-corrected chi connectivity index (χ3v) is 15.8. The lowest BCUT2D eigenvalue weighted by molar-refractivity contribution is -0.190. The van der Waals surface area contributed by atoms with Crippen LogP contribution in [0.4, 0.5) is 0 Å². The maximum Gasteiger partial charge on any atom is 0.355 e. The van der Waals surface area contributed by atoms with Crippen LogP contribution in [0.15, 0.2) is 59.4 Å². The molecular formula is C48H50N2O10. The monoisotopic (exact) mass is 814 g/mol. The van der Waals surface area contributed by atoms with Crippen LogP contribution < -0.4 is 10.3 Å². The number of carbonyl (C=O) groups is 4. The lowest BCUT2D eigenvalue weighted by Gasteiger charge is -2.60. The highest BCUT2D eigenvalue weighted by Gasteiger charge is 2.60. The average molecular weight is 815 g/mol. The number of pyridine rings is 2. The van der Waals surface area contributed by atoms with Gasteiger partial charge in [-0.1, -0.05) is 20.8 Å². The van der Waals surface area contributed by atoms with Crippen molar-refractivity contribution in [2.45, 2.75) is 110 Å². The number of aromatic nitrogens is 2. The Hall–Kier alpha value is -5.52. The zero-order valence-electron chi connectivity index (χ0n) is 34.3. The van der Waals surface area contributed by atoms with Gasteiger partial charge in [-0.2, -0.15) is 0 Å². The Bertz CT molecular complexity index is 2550. The fraction of sp³-hybridized carbons (Fsp3) is 0.500. The summed E-state index contributed by atoms with van der Waals surface area (Å²) in [5.41, 5.74) is 1.16. The Balaban J connectivity index is 0.782. The molecule has 60 heavy (non-hydrogen) atoms. The average Bonchev–Trinajstić information content (AvgIpc) is 3.76. The van der Waals surface area contributed by atoms with Crippen LogP contribution in [-0.4, -0.2) is 51.1 Å². The molecule has 0 saturated heterocycles. The first kappa shape index (κ1) is 38.7. The number of Topliss-reactive ketones (excluding diaryl/α,β-unsaturated/α-hetero) is 1. The smallest absolute Gasteiger partial charge is 0.355 e. The topological polar surface area (TPSA) is 160 Å². The Kier molecular flexibility index (Phi) is 9.04. The molecule has 6 aliphatic rings. The Morgan fingerprint density at radius 3 is 2.57 bits per heavy atom. The highest BCUT2D eigenvalue weighted by atomic mass is 16.6. The summed E-state index contributed by atoms with van der Waals surface area (Å²) in [5, 5.41) is 10.7. The normalized spacial score (nSPS) is 31.1. The number of cyclic esters (lactones) is 1. The van der Waals surface area contributed by atoms with Crippen molar-refractivity contribution >= 4 is 34.6 Å². The van der Waals surface area contributed by atoms with Gasteiger partial charge in [0, 0.05) is 28.3 Å². The molecule has 4 fully saturated rings. The van der Waals surface area contributed by atoms with Crippen LogP contribution in [0, 0.1) is 34.5 Å². The molecule has 12 heteroatoms. The van der Waals surface area contributed by atoms with Crippen LogP contribution in [0.25, 0.3) is 22.3 Å². The standard InChI is InChI=1S/C48H50N2O10/c1-4-48(37-22-39-42-28(19-27-20-30(51)8-13-38(27)49-42)23-50(39)43(54)34(37)24-58-45(48)56)60-41(53)25-57-31-9-5-26(6-10-31)44(55)59-32-15-17-46(2)29(21-32)7-11-33-35-12-14-40(52)47(35,3)18-16-36(33)46/h5-6,8-10,13,19-20,22,29,32-33,35-36,51H,4,7,11-12,14-18,21,23-25H2,1-3H3/t29?,32-,33?,35?,36?,46-,47-,48-/m0/s1. The van der Waals surface area contributed by atoms with E-state index in [-0.39, 0.29) is 58.9 Å². The maximum absolute atomic E-state index is 13.9. The molecule has 1 N–H and O–H groups in total. The Morgan fingerprint density at radius 2 is 1.77 bits per heavy atom. The van der Waals surface area contributed by atoms with E-state index in [4.69, 9.17) is 23.9 Å². The first-order valence-electron chi connectivity index (χ1n) is 21.6. The van der Waals surface area contributed by atoms with Crippen LogP contribution in [-0.2, 0) is 47.3 Å². The van der Waals surface area contributed by atoms with Crippen molar-refractivity contribution in [3.8, 4) is 22.9 Å². The van der Waals surface area contributed by atoms with Gasteiger partial charge in [0.1, 0.15) is 30.0 Å². The number of esters is 3. The molecule has 2 aliphatic heterocycles. The molecule has 0 radical (unpaired) electrons. The quantitative estimate of drug-likeness (QED) is 0.128. The van der Waals surface area contributed by atoms with E-state index < -0.39 is 30.1 Å². The van der Waals surface area contributed by atoms with Gasteiger partial charge in [0.05, 0.1) is 34.6 Å². The Morgan fingerprint density at radius 1 is 0.950 bits per heavy atom. The third kappa shape index (κ3) is 5.90. The lowest BCUT2D eigenvalue weighted by atomic mass is 9.45. The summed E-state index contributed by atoms with van der Waals surface area (Å²) in [5.74, 6) is 1.14. The number of fused-ring (bicyclic) bond motifs is 10. The highest BCUT2D eigenvalue weighted by Crippen LogP contribution is 2.65. The van der Waals surface area contributed by atoms with Gasteiger partial charge in [0.2, 0.25) is 5.60 Å². The summed E-state index contributed by atoms with van der Waals surface area (Å²) in [6.45, 7) is 5.81. The van der Waals surface area contributed by atoms with Gasteiger partial charge in [-0.15, -0.1) is 0 Å². The van der Waals surface area contributed by atoms with Crippen LogP contribution in [0.5, 0.6) is 11.5 Å². The predicted molar refractivity (Wildman–Crippen MR) is 218 cm³/mol. The minimum absolute atomic E-state index is 0.00571. The minimum Gasteiger partial charge on any atom is -0.508 e. The molecule has 2 aromatic heterocycles. The summed E-state index contributed by atoms with van der Waals surface area (Å²) >= 11 is 0. The zero-order chi connectivity index (χ0) is 41.7. The number of hydrogen-bond donors (Lipinski definition) is 1. The lowest BCUT2D eigenvalue weighted by Crippen LogP contribution is -2.54. The first-order valence-corrected chi connectivity index (χ1v) is 21.6. The number of hydrogen-bond acceptors (Lipinski definition) is 11. The Labute approximate surface area is 347 Å². The predicted octanol–water partition coefficient (Wildman–Crippen LogP) is 7.55. The first-order chi connectivity index (χ1) is 28.8. The van der Waals surface area contributed by atoms with Crippen molar-refractivity contribution in [3.05, 3.63) is 87.2 Å². The van der Waals surface area contributed by atoms with E-state index in [0.717, 1.165) is 68.7 Å². The van der Waals surface area contributed by atoms with Crippen molar-refractivity contribution in [3.63, 3.8) is 0 Å². The number of rotatable bonds is 7. The summed E-state index contributed by atoms with van der Waals surface area (Å²) in [6.07, 6.45) is 8.75. The van der Waals surface area contributed by atoms with E-state index in [2.05, 4.69) is 13.8 Å². The van der Waals surface area contributed by atoms with Crippen molar-refractivity contribution in [2.24, 2.45) is 34.5 Å². The highest BCUT2D eigenvalue weighted by molar-refractivity contribution is 5.90. The van der Waals surface area contributed by atoms with Gasteiger partial charge in [0.25, 0.3) is 5.56 Å². The number of aromatic hydroxyl groups is 1. The second kappa shape index (κ2) is 14.0. The second-order valence-corrected chi connectivity index (χ2v) is 18.6. The molecule has 4 aliphatic carbocycles. The molecule has 10 rings (SSSR count). The number of benzene rings is 2. The third-order valence-electron chi connectivity index (χ3n) is 15.8. The number of nitrogens with zero attached hydrogens (tertiary/aromatic N) is 2. The van der Waals surface area contributed by atoms with E-state index in [9.17, 15) is 29.1 Å². The molecule has 12 nitrogen and oxygen atoms in total. The molecule has 0 bridgehead atoms. The number of ether oxygens (including phenoxy) is 4. The van der Waals surface area contributed by atoms with E-state index in [0.29, 0.717) is 57.7 Å². The molecular weight excluding hydrogens is 765 g/mol. The van der Waals surface area contributed by atoms with E-state index in [1.54, 1.807) is 60.0 Å².